The summed E-state index contributed by atoms with van der Waals surface area (Å²) in [7, 11) is 0. The maximum atomic E-state index is 5.51. The highest BCUT2D eigenvalue weighted by Gasteiger charge is 2.42. The molecule has 0 bridgehead atoms. The van der Waals surface area contributed by atoms with Crippen LogP contribution in [0.2, 0.25) is 0 Å². The minimum atomic E-state index is 0.747. The number of pyridine rings is 1. The van der Waals surface area contributed by atoms with Crippen LogP contribution in [0.3, 0.4) is 0 Å². The first-order chi connectivity index (χ1) is 11.3. The van der Waals surface area contributed by atoms with Crippen molar-refractivity contribution < 1.29 is 4.74 Å². The highest BCUT2D eigenvalue weighted by Crippen LogP contribution is 2.33. The van der Waals surface area contributed by atoms with Crippen molar-refractivity contribution in [2.75, 3.05) is 32.8 Å². The normalized spacial score (nSPS) is 30.0. The average Bonchev–Trinajstić information content (AvgIpc) is 3.13. The molecule has 1 aromatic rings. The fourth-order valence-corrected chi connectivity index (χ4v) is 4.74. The van der Waals surface area contributed by atoms with Crippen LogP contribution in [0.15, 0.2) is 18.2 Å². The van der Waals surface area contributed by atoms with Gasteiger partial charge in [-0.3, -0.25) is 14.8 Å². The number of hydrogen-bond acceptors (Lipinski definition) is 4. The minimum Gasteiger partial charge on any atom is -0.381 e. The van der Waals surface area contributed by atoms with E-state index in [0.717, 1.165) is 43.5 Å². The summed E-state index contributed by atoms with van der Waals surface area (Å²) in [5.74, 6) is 0.856. The Morgan fingerprint density at radius 3 is 2.57 bits per heavy atom. The molecule has 126 valence electrons. The average molecular weight is 315 g/mol. The van der Waals surface area contributed by atoms with E-state index < -0.39 is 0 Å². The lowest BCUT2D eigenvalue weighted by Gasteiger charge is -2.30. The van der Waals surface area contributed by atoms with Crippen LogP contribution in [0.5, 0.6) is 0 Å². The van der Waals surface area contributed by atoms with Gasteiger partial charge in [0.2, 0.25) is 0 Å². The number of rotatable bonds is 4. The Morgan fingerprint density at radius 1 is 1.04 bits per heavy atom. The third-order valence-electron chi connectivity index (χ3n) is 5.95. The maximum Gasteiger partial charge on any atom is 0.0547 e. The molecule has 4 nitrogen and oxygen atoms in total. The number of ether oxygens (including phenoxy) is 1. The fraction of sp³-hybridized carbons (Fsp3) is 0.737. The number of nitrogens with zero attached hydrogens (tertiary/aromatic N) is 3. The van der Waals surface area contributed by atoms with Crippen LogP contribution >= 0.6 is 0 Å². The van der Waals surface area contributed by atoms with Gasteiger partial charge in [0, 0.05) is 57.2 Å². The van der Waals surface area contributed by atoms with Gasteiger partial charge in [-0.1, -0.05) is 6.07 Å². The number of aromatic nitrogens is 1. The molecule has 4 rings (SSSR count). The molecule has 3 aliphatic rings. The molecule has 4 heteroatoms. The fourth-order valence-electron chi connectivity index (χ4n) is 4.74. The molecule has 23 heavy (non-hydrogen) atoms. The third kappa shape index (κ3) is 3.44. The molecule has 0 amide bonds. The van der Waals surface area contributed by atoms with Gasteiger partial charge in [0.1, 0.15) is 0 Å². The predicted octanol–water partition coefficient (Wildman–Crippen LogP) is 2.47. The smallest absolute Gasteiger partial charge is 0.0547 e. The molecular formula is C19H29N3O. The molecule has 3 saturated heterocycles. The first-order valence-electron chi connectivity index (χ1n) is 9.28. The molecule has 0 N–H and O–H groups in total. The van der Waals surface area contributed by atoms with Gasteiger partial charge in [-0.2, -0.15) is 0 Å². The van der Waals surface area contributed by atoms with Crippen LogP contribution in [0.4, 0.5) is 0 Å². The number of likely N-dealkylation sites (tertiary alicyclic amines) is 2. The van der Waals surface area contributed by atoms with E-state index in [-0.39, 0.29) is 0 Å². The summed E-state index contributed by atoms with van der Waals surface area (Å²) in [6, 6.07) is 7.92. The van der Waals surface area contributed by atoms with Gasteiger partial charge in [0.15, 0.2) is 0 Å². The van der Waals surface area contributed by atoms with E-state index in [1.54, 1.807) is 0 Å². The zero-order valence-electron chi connectivity index (χ0n) is 14.3. The van der Waals surface area contributed by atoms with Crippen molar-refractivity contribution in [1.29, 1.82) is 0 Å². The van der Waals surface area contributed by atoms with Crippen molar-refractivity contribution in [3.8, 4) is 0 Å². The maximum absolute atomic E-state index is 5.51. The van der Waals surface area contributed by atoms with Crippen LogP contribution < -0.4 is 0 Å². The molecule has 2 atom stereocenters. The van der Waals surface area contributed by atoms with E-state index in [4.69, 9.17) is 9.72 Å². The lowest BCUT2D eigenvalue weighted by atomic mass is 9.99. The van der Waals surface area contributed by atoms with Gasteiger partial charge in [0.05, 0.1) is 5.69 Å². The van der Waals surface area contributed by atoms with E-state index in [1.165, 1.54) is 51.0 Å². The molecule has 0 radical (unpaired) electrons. The Hall–Kier alpha value is -0.970. The zero-order valence-corrected chi connectivity index (χ0v) is 14.3. The van der Waals surface area contributed by atoms with E-state index in [2.05, 4.69) is 34.9 Å². The molecule has 0 aliphatic carbocycles. The van der Waals surface area contributed by atoms with E-state index in [1.807, 2.05) is 0 Å². The standard InChI is InChI=1S/C19H29N3O/c1-15-3-2-4-17(20-15)14-22-10-6-18-19(22)5-9-21(18)13-16-7-11-23-12-8-16/h2-4,16,18-19H,5-14H2,1H3/t18-,19+/m1/s1. The van der Waals surface area contributed by atoms with E-state index >= 15 is 0 Å². The lowest BCUT2D eigenvalue weighted by Crippen LogP contribution is -2.39. The summed E-state index contributed by atoms with van der Waals surface area (Å²) < 4.78 is 5.51. The van der Waals surface area contributed by atoms with Crippen molar-refractivity contribution >= 4 is 0 Å². The second kappa shape index (κ2) is 6.88. The summed E-state index contributed by atoms with van der Waals surface area (Å²) >= 11 is 0. The highest BCUT2D eigenvalue weighted by molar-refractivity contribution is 5.11. The quantitative estimate of drug-likeness (QED) is 0.853. The Balaban J connectivity index is 1.35. The van der Waals surface area contributed by atoms with Crippen LogP contribution in [0.25, 0.3) is 0 Å². The minimum absolute atomic E-state index is 0.747. The molecule has 4 heterocycles. The summed E-state index contributed by atoms with van der Waals surface area (Å²) in [4.78, 5) is 10.2. The Labute approximate surface area is 139 Å². The first-order valence-corrected chi connectivity index (χ1v) is 9.28. The lowest BCUT2D eigenvalue weighted by molar-refractivity contribution is 0.0504. The van der Waals surface area contributed by atoms with E-state index in [0.29, 0.717) is 0 Å². The van der Waals surface area contributed by atoms with Gasteiger partial charge < -0.3 is 4.74 Å². The second-order valence-electron chi connectivity index (χ2n) is 7.50. The molecule has 3 aliphatic heterocycles. The van der Waals surface area contributed by atoms with Crippen LogP contribution in [-0.2, 0) is 11.3 Å². The van der Waals surface area contributed by atoms with Gasteiger partial charge in [-0.15, -0.1) is 0 Å². The third-order valence-corrected chi connectivity index (χ3v) is 5.95. The molecule has 3 fully saturated rings. The second-order valence-corrected chi connectivity index (χ2v) is 7.50. The van der Waals surface area contributed by atoms with Crippen molar-refractivity contribution in [2.45, 2.75) is 51.2 Å². The number of aryl methyl sites for hydroxylation is 1. The van der Waals surface area contributed by atoms with Gasteiger partial charge >= 0.3 is 0 Å². The molecule has 1 aromatic heterocycles. The van der Waals surface area contributed by atoms with Crippen LogP contribution in [-0.4, -0.2) is 59.7 Å². The van der Waals surface area contributed by atoms with Crippen molar-refractivity contribution in [1.82, 2.24) is 14.8 Å². The van der Waals surface area contributed by atoms with Gasteiger partial charge in [-0.25, -0.2) is 0 Å². The molecule has 0 unspecified atom stereocenters. The predicted molar refractivity (Wildman–Crippen MR) is 91.3 cm³/mol. The van der Waals surface area contributed by atoms with Crippen molar-refractivity contribution in [3.63, 3.8) is 0 Å². The first kappa shape index (κ1) is 15.6. The number of fused-ring (bicyclic) bond motifs is 1. The summed E-state index contributed by atoms with van der Waals surface area (Å²) in [5, 5.41) is 0. The van der Waals surface area contributed by atoms with Crippen molar-refractivity contribution in [3.05, 3.63) is 29.6 Å². The monoisotopic (exact) mass is 315 g/mol. The zero-order chi connectivity index (χ0) is 15.6. The van der Waals surface area contributed by atoms with Crippen LogP contribution in [0, 0.1) is 12.8 Å². The molecular weight excluding hydrogens is 286 g/mol. The number of hydrogen-bond donors (Lipinski definition) is 0. The molecule has 0 aromatic carbocycles. The summed E-state index contributed by atoms with van der Waals surface area (Å²) in [5.41, 5.74) is 2.36. The summed E-state index contributed by atoms with van der Waals surface area (Å²) in [6.45, 7) is 8.85. The summed E-state index contributed by atoms with van der Waals surface area (Å²) in [6.07, 6.45) is 5.18. The highest BCUT2D eigenvalue weighted by atomic mass is 16.5. The van der Waals surface area contributed by atoms with Crippen LogP contribution in [0.1, 0.15) is 37.1 Å². The molecule has 0 saturated carbocycles. The van der Waals surface area contributed by atoms with Crippen molar-refractivity contribution in [2.24, 2.45) is 5.92 Å². The Bertz CT molecular complexity index is 529. The Kier molecular flexibility index (Phi) is 4.65. The van der Waals surface area contributed by atoms with E-state index in [9.17, 15) is 0 Å². The van der Waals surface area contributed by atoms with Gasteiger partial charge in [-0.05, 0) is 50.7 Å². The van der Waals surface area contributed by atoms with Gasteiger partial charge in [0.25, 0.3) is 0 Å². The topological polar surface area (TPSA) is 28.6 Å². The SMILES string of the molecule is Cc1cccc(CN2CC[C@@H]3[C@@H]2CCN3CC2CCOCC2)n1. The largest absolute Gasteiger partial charge is 0.381 e. The molecule has 0 spiro atoms. The Morgan fingerprint density at radius 2 is 1.78 bits per heavy atom.